The molecule has 0 spiro atoms. The van der Waals surface area contributed by atoms with E-state index in [1.165, 1.54) is 19.3 Å². The Morgan fingerprint density at radius 3 is 2.44 bits per heavy atom. The van der Waals surface area contributed by atoms with Crippen LogP contribution in [0, 0.1) is 0 Å². The van der Waals surface area contributed by atoms with E-state index in [-0.39, 0.29) is 0 Å². The Bertz CT molecular complexity index is 373. The summed E-state index contributed by atoms with van der Waals surface area (Å²) in [5, 5.41) is 8.83. The van der Waals surface area contributed by atoms with Gasteiger partial charge >= 0.3 is 5.97 Å². The highest BCUT2D eigenvalue weighted by molar-refractivity contribution is 5.87. The molecule has 18 heavy (non-hydrogen) atoms. The molecule has 1 atom stereocenters. The molecule has 0 aliphatic heterocycles. The molecule has 1 N–H and O–H groups in total. The van der Waals surface area contributed by atoms with Gasteiger partial charge in [-0.2, -0.15) is 0 Å². The molecule has 100 valence electrons. The fourth-order valence-corrected chi connectivity index (χ4v) is 1.92. The van der Waals surface area contributed by atoms with Gasteiger partial charge in [0.05, 0.1) is 5.56 Å². The first-order valence-electron chi connectivity index (χ1n) is 6.57. The van der Waals surface area contributed by atoms with E-state index < -0.39 is 5.97 Å². The standard InChI is InChI=1S/C15H23NO2/c1-4-5-6-12(2)16(3)11-13-7-9-14(10-8-13)15(17)18/h7-10,12H,4-6,11H2,1-3H3,(H,17,18). The number of unbranched alkanes of at least 4 members (excludes halogenated alkanes) is 1. The highest BCUT2D eigenvalue weighted by Gasteiger charge is 2.09. The average Bonchev–Trinajstić information content (AvgIpc) is 2.36. The highest BCUT2D eigenvalue weighted by atomic mass is 16.4. The molecular formula is C15H23NO2. The number of carboxylic acid groups (broad SMARTS) is 1. The Hall–Kier alpha value is -1.35. The Kier molecular flexibility index (Phi) is 5.86. The molecule has 0 heterocycles. The van der Waals surface area contributed by atoms with Crippen molar-refractivity contribution in [2.24, 2.45) is 0 Å². The summed E-state index contributed by atoms with van der Waals surface area (Å²) in [6, 6.07) is 7.69. The van der Waals surface area contributed by atoms with Crippen LogP contribution in [0.2, 0.25) is 0 Å². The van der Waals surface area contributed by atoms with Crippen LogP contribution in [-0.4, -0.2) is 29.1 Å². The summed E-state index contributed by atoms with van der Waals surface area (Å²) in [5.74, 6) is -0.869. The SMILES string of the molecule is CCCCC(C)N(C)Cc1ccc(C(=O)O)cc1. The number of aromatic carboxylic acids is 1. The zero-order chi connectivity index (χ0) is 13.5. The number of carboxylic acids is 1. The summed E-state index contributed by atoms with van der Waals surface area (Å²) in [4.78, 5) is 13.1. The van der Waals surface area contributed by atoms with Crippen molar-refractivity contribution in [3.05, 3.63) is 35.4 Å². The number of carbonyl (C=O) groups is 1. The lowest BCUT2D eigenvalue weighted by Crippen LogP contribution is -2.28. The quantitative estimate of drug-likeness (QED) is 0.805. The lowest BCUT2D eigenvalue weighted by Gasteiger charge is -2.24. The summed E-state index contributed by atoms with van der Waals surface area (Å²) in [7, 11) is 2.12. The van der Waals surface area contributed by atoms with E-state index in [4.69, 9.17) is 5.11 Å². The van der Waals surface area contributed by atoms with Crippen LogP contribution in [0.5, 0.6) is 0 Å². The van der Waals surface area contributed by atoms with Gasteiger partial charge in [0, 0.05) is 12.6 Å². The van der Waals surface area contributed by atoms with Crippen molar-refractivity contribution in [3.8, 4) is 0 Å². The Labute approximate surface area is 109 Å². The number of hydrogen-bond donors (Lipinski definition) is 1. The van der Waals surface area contributed by atoms with E-state index in [2.05, 4.69) is 25.8 Å². The van der Waals surface area contributed by atoms with E-state index >= 15 is 0 Å². The third kappa shape index (κ3) is 4.49. The number of nitrogens with zero attached hydrogens (tertiary/aromatic N) is 1. The van der Waals surface area contributed by atoms with Crippen LogP contribution in [0.1, 0.15) is 49.0 Å². The summed E-state index contributed by atoms with van der Waals surface area (Å²) >= 11 is 0. The molecule has 0 radical (unpaired) electrons. The molecule has 0 saturated carbocycles. The van der Waals surface area contributed by atoms with Gasteiger partial charge in [-0.3, -0.25) is 4.90 Å². The summed E-state index contributed by atoms with van der Waals surface area (Å²) in [5.41, 5.74) is 1.51. The van der Waals surface area contributed by atoms with Crippen LogP contribution in [0.3, 0.4) is 0 Å². The van der Waals surface area contributed by atoms with Crippen molar-refractivity contribution in [2.75, 3.05) is 7.05 Å². The number of hydrogen-bond acceptors (Lipinski definition) is 2. The normalized spacial score (nSPS) is 12.7. The molecule has 1 rings (SSSR count). The zero-order valence-electron chi connectivity index (χ0n) is 11.5. The largest absolute Gasteiger partial charge is 0.478 e. The topological polar surface area (TPSA) is 40.5 Å². The van der Waals surface area contributed by atoms with Gasteiger partial charge in [-0.25, -0.2) is 4.79 Å². The maximum atomic E-state index is 10.8. The molecule has 0 saturated heterocycles. The maximum absolute atomic E-state index is 10.8. The molecule has 0 aliphatic carbocycles. The Morgan fingerprint density at radius 2 is 1.94 bits per heavy atom. The van der Waals surface area contributed by atoms with E-state index in [1.54, 1.807) is 12.1 Å². The first-order valence-corrected chi connectivity index (χ1v) is 6.57. The predicted molar refractivity (Wildman–Crippen MR) is 73.9 cm³/mol. The molecule has 3 heteroatoms. The fraction of sp³-hybridized carbons (Fsp3) is 0.533. The third-order valence-corrected chi connectivity index (χ3v) is 3.36. The van der Waals surface area contributed by atoms with Gasteiger partial charge < -0.3 is 5.11 Å². The van der Waals surface area contributed by atoms with E-state index in [0.717, 1.165) is 12.1 Å². The number of benzene rings is 1. The summed E-state index contributed by atoms with van der Waals surface area (Å²) in [6.07, 6.45) is 3.69. The molecule has 0 aromatic heterocycles. The average molecular weight is 249 g/mol. The van der Waals surface area contributed by atoms with Crippen LogP contribution in [-0.2, 0) is 6.54 Å². The summed E-state index contributed by atoms with van der Waals surface area (Å²) in [6.45, 7) is 5.31. The van der Waals surface area contributed by atoms with E-state index in [1.807, 2.05) is 12.1 Å². The van der Waals surface area contributed by atoms with E-state index in [0.29, 0.717) is 11.6 Å². The van der Waals surface area contributed by atoms with Crippen molar-refractivity contribution >= 4 is 5.97 Å². The molecule has 0 fully saturated rings. The van der Waals surface area contributed by atoms with Crippen LogP contribution >= 0.6 is 0 Å². The van der Waals surface area contributed by atoms with Crippen molar-refractivity contribution in [3.63, 3.8) is 0 Å². The molecule has 1 unspecified atom stereocenters. The molecular weight excluding hydrogens is 226 g/mol. The van der Waals surface area contributed by atoms with Crippen molar-refractivity contribution in [1.82, 2.24) is 4.90 Å². The van der Waals surface area contributed by atoms with Gasteiger partial charge in [-0.1, -0.05) is 31.9 Å². The minimum Gasteiger partial charge on any atom is -0.478 e. The third-order valence-electron chi connectivity index (χ3n) is 3.36. The second kappa shape index (κ2) is 7.17. The summed E-state index contributed by atoms with van der Waals surface area (Å²) < 4.78 is 0. The van der Waals surface area contributed by atoms with Crippen molar-refractivity contribution < 1.29 is 9.90 Å². The van der Waals surface area contributed by atoms with Gasteiger partial charge in [0.25, 0.3) is 0 Å². The minimum atomic E-state index is -0.869. The molecule has 1 aromatic rings. The monoisotopic (exact) mass is 249 g/mol. The van der Waals surface area contributed by atoms with Crippen LogP contribution in [0.4, 0.5) is 0 Å². The molecule has 0 bridgehead atoms. The smallest absolute Gasteiger partial charge is 0.335 e. The molecule has 3 nitrogen and oxygen atoms in total. The van der Waals surface area contributed by atoms with Gasteiger partial charge in [0.15, 0.2) is 0 Å². The second-order valence-electron chi connectivity index (χ2n) is 4.91. The second-order valence-corrected chi connectivity index (χ2v) is 4.91. The first-order chi connectivity index (χ1) is 8.54. The molecule has 0 amide bonds. The van der Waals surface area contributed by atoms with Gasteiger partial charge in [-0.15, -0.1) is 0 Å². The van der Waals surface area contributed by atoms with Crippen LogP contribution in [0.25, 0.3) is 0 Å². The Balaban J connectivity index is 2.53. The molecule has 0 aliphatic rings. The van der Waals surface area contributed by atoms with Gasteiger partial charge in [-0.05, 0) is 38.1 Å². The zero-order valence-corrected chi connectivity index (χ0v) is 11.5. The fourth-order valence-electron chi connectivity index (χ4n) is 1.92. The predicted octanol–water partition coefficient (Wildman–Crippen LogP) is 3.40. The Morgan fingerprint density at radius 1 is 1.33 bits per heavy atom. The van der Waals surface area contributed by atoms with Crippen molar-refractivity contribution in [1.29, 1.82) is 0 Å². The molecule has 1 aromatic carbocycles. The minimum absolute atomic E-state index is 0.348. The van der Waals surface area contributed by atoms with Crippen molar-refractivity contribution in [2.45, 2.75) is 45.7 Å². The first kappa shape index (κ1) is 14.7. The number of rotatable bonds is 7. The van der Waals surface area contributed by atoms with Crippen LogP contribution in [0.15, 0.2) is 24.3 Å². The van der Waals surface area contributed by atoms with Crippen LogP contribution < -0.4 is 0 Å². The maximum Gasteiger partial charge on any atom is 0.335 e. The lowest BCUT2D eigenvalue weighted by molar-refractivity contribution is 0.0697. The van der Waals surface area contributed by atoms with E-state index in [9.17, 15) is 4.79 Å². The van der Waals surface area contributed by atoms with Gasteiger partial charge in [0.2, 0.25) is 0 Å². The van der Waals surface area contributed by atoms with Gasteiger partial charge in [0.1, 0.15) is 0 Å². The highest BCUT2D eigenvalue weighted by Crippen LogP contribution is 2.12. The lowest BCUT2D eigenvalue weighted by atomic mass is 10.1.